The lowest BCUT2D eigenvalue weighted by Crippen LogP contribution is -2.26. The topological polar surface area (TPSA) is 83.6 Å². The number of Topliss-reactive ketones (excluding diaryl/α,β-unsaturated/α-hetero) is 1. The molecule has 1 unspecified atom stereocenters. The highest BCUT2D eigenvalue weighted by Gasteiger charge is 2.23. The van der Waals surface area contributed by atoms with Crippen molar-refractivity contribution in [1.82, 2.24) is 4.57 Å². The first-order valence-electron chi connectivity index (χ1n) is 9.87. The Morgan fingerprint density at radius 1 is 0.882 bits per heavy atom. The van der Waals surface area contributed by atoms with Crippen LogP contribution >= 0.6 is 12.4 Å². The number of rotatable bonds is 4. The Morgan fingerprint density at radius 2 is 1.47 bits per heavy atom. The number of benzene rings is 2. The fourth-order valence-electron chi connectivity index (χ4n) is 3.04. The van der Waals surface area contributed by atoms with Crippen molar-refractivity contribution in [3.05, 3.63) is 99.5 Å². The molecule has 1 saturated heterocycles. The Balaban J connectivity index is 0.000000508. The van der Waals surface area contributed by atoms with Crippen LogP contribution in [0.15, 0.2) is 59.5 Å². The van der Waals surface area contributed by atoms with Gasteiger partial charge in [0, 0.05) is 29.5 Å². The molecule has 0 aliphatic carbocycles. The molecule has 1 aliphatic rings. The lowest BCUT2D eigenvalue weighted by atomic mass is 9.98. The third kappa shape index (κ3) is 6.51. The van der Waals surface area contributed by atoms with E-state index in [-0.39, 0.29) is 23.5 Å². The van der Waals surface area contributed by atoms with Crippen molar-refractivity contribution in [2.45, 2.75) is 6.04 Å². The van der Waals surface area contributed by atoms with Gasteiger partial charge in [-0.3, -0.25) is 14.2 Å². The third-order valence-electron chi connectivity index (χ3n) is 4.70. The molecule has 4 rings (SSSR count). The number of hydrogen-bond donors (Lipinski definition) is 1. The van der Waals surface area contributed by atoms with Crippen LogP contribution in [-0.2, 0) is 9.47 Å². The highest BCUT2D eigenvalue weighted by atomic mass is 35.5. The van der Waals surface area contributed by atoms with Gasteiger partial charge in [-0.15, -0.1) is 12.4 Å². The second kappa shape index (κ2) is 12.4. The van der Waals surface area contributed by atoms with E-state index >= 15 is 0 Å². The molecule has 1 atom stereocenters. The minimum atomic E-state index is -1.50. The summed E-state index contributed by atoms with van der Waals surface area (Å²) in [4.78, 5) is 24.6. The molecule has 1 fully saturated rings. The van der Waals surface area contributed by atoms with Crippen molar-refractivity contribution in [2.24, 2.45) is 5.73 Å². The molecular formula is C23H21ClF4N2O4. The number of nitrogens with two attached hydrogens (primary N) is 1. The number of hydrogen-bond acceptors (Lipinski definition) is 5. The number of aromatic nitrogens is 1. The highest BCUT2D eigenvalue weighted by molar-refractivity contribution is 6.00. The Labute approximate surface area is 198 Å². The van der Waals surface area contributed by atoms with Crippen molar-refractivity contribution in [2.75, 3.05) is 26.4 Å². The Hall–Kier alpha value is -3.05. The van der Waals surface area contributed by atoms with E-state index in [1.807, 2.05) is 0 Å². The molecule has 182 valence electrons. The quantitative estimate of drug-likeness (QED) is 0.436. The summed E-state index contributed by atoms with van der Waals surface area (Å²) in [7, 11) is 0. The molecule has 1 aliphatic heterocycles. The van der Waals surface area contributed by atoms with Crippen LogP contribution in [0.5, 0.6) is 0 Å². The molecule has 0 saturated carbocycles. The smallest absolute Gasteiger partial charge is 0.255 e. The largest absolute Gasteiger partial charge is 0.377 e. The van der Waals surface area contributed by atoms with E-state index in [9.17, 15) is 27.2 Å². The molecular weight excluding hydrogens is 480 g/mol. The van der Waals surface area contributed by atoms with E-state index in [0.29, 0.717) is 10.6 Å². The average Bonchev–Trinajstić information content (AvgIpc) is 2.81. The van der Waals surface area contributed by atoms with Gasteiger partial charge in [0.05, 0.1) is 32.5 Å². The zero-order valence-electron chi connectivity index (χ0n) is 17.7. The number of ketones is 1. The molecule has 11 heteroatoms. The average molecular weight is 501 g/mol. The minimum Gasteiger partial charge on any atom is -0.377 e. The van der Waals surface area contributed by atoms with Gasteiger partial charge in [-0.05, 0) is 24.3 Å². The predicted molar refractivity (Wildman–Crippen MR) is 118 cm³/mol. The Kier molecular flexibility index (Phi) is 9.94. The third-order valence-corrected chi connectivity index (χ3v) is 4.70. The van der Waals surface area contributed by atoms with E-state index < -0.39 is 46.3 Å². The van der Waals surface area contributed by atoms with E-state index in [1.54, 1.807) is 0 Å². The second-order valence-corrected chi connectivity index (χ2v) is 6.93. The molecule has 2 aromatic carbocycles. The van der Waals surface area contributed by atoms with Crippen molar-refractivity contribution in [3.63, 3.8) is 0 Å². The molecule has 3 aromatic rings. The van der Waals surface area contributed by atoms with Crippen LogP contribution in [0.25, 0.3) is 5.69 Å². The van der Waals surface area contributed by atoms with Gasteiger partial charge in [0.1, 0.15) is 29.0 Å². The summed E-state index contributed by atoms with van der Waals surface area (Å²) in [6.45, 7) is 3.11. The van der Waals surface area contributed by atoms with Crippen molar-refractivity contribution < 1.29 is 31.8 Å². The maximum Gasteiger partial charge on any atom is 0.255 e. The van der Waals surface area contributed by atoms with Gasteiger partial charge in [-0.25, -0.2) is 17.6 Å². The van der Waals surface area contributed by atoms with Crippen LogP contribution in [0.1, 0.15) is 22.0 Å². The van der Waals surface area contributed by atoms with Crippen LogP contribution in [0.3, 0.4) is 0 Å². The Bertz CT molecular complexity index is 1170. The molecule has 6 nitrogen and oxygen atoms in total. The molecule has 0 spiro atoms. The highest BCUT2D eigenvalue weighted by Crippen LogP contribution is 2.21. The first-order valence-corrected chi connectivity index (χ1v) is 9.87. The van der Waals surface area contributed by atoms with Gasteiger partial charge in [-0.2, -0.15) is 0 Å². The minimum absolute atomic E-state index is 0. The number of ether oxygens (including phenoxy) is 2. The van der Waals surface area contributed by atoms with Crippen LogP contribution < -0.4 is 11.3 Å². The van der Waals surface area contributed by atoms with Gasteiger partial charge in [0.15, 0.2) is 5.78 Å². The zero-order valence-corrected chi connectivity index (χ0v) is 18.5. The molecule has 1 aromatic heterocycles. The summed E-state index contributed by atoms with van der Waals surface area (Å²) in [6, 6.07) is 6.15. The van der Waals surface area contributed by atoms with E-state index in [0.717, 1.165) is 75.1 Å². The molecule has 2 heterocycles. The fraction of sp³-hybridized carbons (Fsp3) is 0.217. The molecule has 2 N–H and O–H groups in total. The molecule has 0 bridgehead atoms. The van der Waals surface area contributed by atoms with Gasteiger partial charge < -0.3 is 15.2 Å². The summed E-state index contributed by atoms with van der Waals surface area (Å²) in [5.74, 6) is -4.67. The fourth-order valence-corrected chi connectivity index (χ4v) is 3.04. The number of halogens is 5. The van der Waals surface area contributed by atoms with Gasteiger partial charge in [-0.1, -0.05) is 12.1 Å². The second-order valence-electron chi connectivity index (χ2n) is 6.93. The number of carbonyl (C=O) groups excluding carboxylic acids is 1. The van der Waals surface area contributed by atoms with Crippen molar-refractivity contribution >= 4 is 18.2 Å². The maximum absolute atomic E-state index is 14.0. The van der Waals surface area contributed by atoms with Crippen molar-refractivity contribution in [3.8, 4) is 5.69 Å². The van der Waals surface area contributed by atoms with E-state index in [4.69, 9.17) is 15.2 Å². The lowest BCUT2D eigenvalue weighted by Gasteiger charge is -2.14. The SMILES string of the molecule is C1COCCO1.Cl.NC(C(=O)c1ccc(=O)n(-c2c(F)cccc2F)c1)c1ccc(F)cc1F. The number of carbonyl (C=O) groups is 1. The summed E-state index contributed by atoms with van der Waals surface area (Å²) in [6.07, 6.45) is 0.924. The van der Waals surface area contributed by atoms with Gasteiger partial charge in [0.2, 0.25) is 0 Å². The van der Waals surface area contributed by atoms with Crippen LogP contribution in [0.2, 0.25) is 0 Å². The first kappa shape index (κ1) is 27.2. The molecule has 0 radical (unpaired) electrons. The van der Waals surface area contributed by atoms with E-state index in [1.165, 1.54) is 0 Å². The normalized spacial score (nSPS) is 13.8. The predicted octanol–water partition coefficient (Wildman–Crippen LogP) is 3.73. The standard InChI is InChI=1S/C19H12F4N2O2.C4H8O2.ClH/c20-11-5-6-12(15(23)8-11)17(24)19(27)10-4-7-16(26)25(9-10)18-13(21)2-1-3-14(18)22;1-2-6-4-3-5-1;/h1-9,17H,24H2;1-4H2;1H. The van der Waals surface area contributed by atoms with Gasteiger partial charge in [0.25, 0.3) is 5.56 Å². The van der Waals surface area contributed by atoms with Gasteiger partial charge >= 0.3 is 0 Å². The Morgan fingerprint density at radius 3 is 2.00 bits per heavy atom. The summed E-state index contributed by atoms with van der Waals surface area (Å²) in [5.41, 5.74) is 3.90. The molecule has 34 heavy (non-hydrogen) atoms. The van der Waals surface area contributed by atoms with E-state index in [2.05, 4.69) is 0 Å². The van der Waals surface area contributed by atoms with Crippen LogP contribution in [-0.4, -0.2) is 36.8 Å². The summed E-state index contributed by atoms with van der Waals surface area (Å²) in [5, 5.41) is 0. The number of nitrogens with zero attached hydrogens (tertiary/aromatic N) is 1. The monoisotopic (exact) mass is 500 g/mol. The lowest BCUT2D eigenvalue weighted by molar-refractivity contribution is -0.0334. The first-order chi connectivity index (χ1) is 15.8. The summed E-state index contributed by atoms with van der Waals surface area (Å²) >= 11 is 0. The van der Waals surface area contributed by atoms with Crippen molar-refractivity contribution in [1.29, 1.82) is 0 Å². The molecule has 0 amide bonds. The number of para-hydroxylation sites is 1. The zero-order chi connectivity index (χ0) is 24.0. The van der Waals surface area contributed by atoms with Crippen LogP contribution in [0.4, 0.5) is 17.6 Å². The maximum atomic E-state index is 14.0. The number of pyridine rings is 1. The van der Waals surface area contributed by atoms with Crippen LogP contribution in [0, 0.1) is 23.3 Å². The summed E-state index contributed by atoms with van der Waals surface area (Å²) < 4.78 is 65.3.